The first-order chi connectivity index (χ1) is 18.6. The third-order valence-electron chi connectivity index (χ3n) is 7.39. The molecule has 1 saturated carbocycles. The van der Waals surface area contributed by atoms with Gasteiger partial charge in [0, 0.05) is 24.4 Å². The van der Waals surface area contributed by atoms with Crippen LogP contribution >= 0.6 is 0 Å². The smallest absolute Gasteiger partial charge is 0.243 e. The number of aliphatic hydroxyl groups is 2. The number of rotatable bonds is 9. The monoisotopic (exact) mass is 552 g/mol. The van der Waals surface area contributed by atoms with Crippen LogP contribution in [0.5, 0.6) is 5.75 Å². The molecular weight excluding hydrogens is 516 g/mol. The third kappa shape index (κ3) is 6.86. The summed E-state index contributed by atoms with van der Waals surface area (Å²) < 4.78 is 27.2. The van der Waals surface area contributed by atoms with E-state index in [1.54, 1.807) is 12.1 Å². The fraction of sp³-hybridized carbons (Fsp3) is 0.367. The van der Waals surface area contributed by atoms with Crippen molar-refractivity contribution in [1.29, 1.82) is 0 Å². The first kappa shape index (κ1) is 28.8. The van der Waals surface area contributed by atoms with Gasteiger partial charge in [-0.25, -0.2) is 8.42 Å². The molecule has 0 unspecified atom stereocenters. The second-order valence-electron chi connectivity index (χ2n) is 10.2. The van der Waals surface area contributed by atoms with Gasteiger partial charge in [-0.2, -0.15) is 4.31 Å². The molecule has 208 valence electrons. The third-order valence-corrected chi connectivity index (χ3v) is 9.21. The molecule has 1 aliphatic rings. The fourth-order valence-electron chi connectivity index (χ4n) is 5.01. The van der Waals surface area contributed by atoms with Crippen molar-refractivity contribution >= 4 is 21.6 Å². The van der Waals surface area contributed by atoms with Crippen LogP contribution in [0.1, 0.15) is 66.6 Å². The average Bonchev–Trinajstić information content (AvgIpc) is 2.92. The number of phenols is 1. The highest BCUT2D eigenvalue weighted by molar-refractivity contribution is 7.89. The minimum Gasteiger partial charge on any atom is -0.507 e. The predicted octanol–water partition coefficient (Wildman–Crippen LogP) is 4.59. The second kappa shape index (κ2) is 12.3. The van der Waals surface area contributed by atoms with Crippen molar-refractivity contribution in [2.24, 2.45) is 0 Å². The minimum atomic E-state index is -3.91. The van der Waals surface area contributed by atoms with Crippen molar-refractivity contribution in [3.8, 4) is 5.75 Å². The van der Waals surface area contributed by atoms with Crippen LogP contribution in [0.15, 0.2) is 71.6 Å². The number of likely N-dealkylation sites (N-methyl/N-ethyl adjacent to an activating group) is 1. The number of anilines is 1. The largest absolute Gasteiger partial charge is 0.507 e. The molecule has 3 aromatic carbocycles. The quantitative estimate of drug-likeness (QED) is 0.334. The standard InChI is InChI=1S/C30H36N2O6S/c1-21-8-15-26(16-9-21)39(37,38)31(2)20-29(34)32(25-14-17-27(30(35)36)28(33)18-25)19-22-10-12-24(13-11-22)23-6-4-3-5-7-23/h8-18,23,30,33,35-36H,3-7,19-20H2,1-2H3. The van der Waals surface area contributed by atoms with Gasteiger partial charge in [-0.3, -0.25) is 4.79 Å². The van der Waals surface area contributed by atoms with Crippen molar-refractivity contribution < 1.29 is 28.5 Å². The fourth-order valence-corrected chi connectivity index (χ4v) is 6.13. The normalized spacial score (nSPS) is 14.6. The summed E-state index contributed by atoms with van der Waals surface area (Å²) in [6, 6.07) is 18.6. The molecule has 39 heavy (non-hydrogen) atoms. The van der Waals surface area contributed by atoms with Gasteiger partial charge >= 0.3 is 0 Å². The van der Waals surface area contributed by atoms with Crippen molar-refractivity contribution in [3.05, 3.63) is 89.0 Å². The molecule has 3 N–H and O–H groups in total. The molecule has 9 heteroatoms. The Labute approximate surface area is 230 Å². The van der Waals surface area contributed by atoms with E-state index in [2.05, 4.69) is 12.1 Å². The van der Waals surface area contributed by atoms with Crippen molar-refractivity contribution in [3.63, 3.8) is 0 Å². The number of phenolic OH excluding ortho intramolecular Hbond substituents is 1. The molecular formula is C30H36N2O6S. The highest BCUT2D eigenvalue weighted by Crippen LogP contribution is 2.33. The lowest BCUT2D eigenvalue weighted by Crippen LogP contribution is -2.41. The number of sulfonamides is 1. The van der Waals surface area contributed by atoms with E-state index in [1.807, 2.05) is 19.1 Å². The van der Waals surface area contributed by atoms with Gasteiger partial charge in [-0.1, -0.05) is 61.2 Å². The number of hydrogen-bond donors (Lipinski definition) is 3. The summed E-state index contributed by atoms with van der Waals surface area (Å²) in [5, 5.41) is 29.3. The van der Waals surface area contributed by atoms with E-state index in [0.717, 1.165) is 15.4 Å². The summed E-state index contributed by atoms with van der Waals surface area (Å²) in [7, 11) is -2.56. The van der Waals surface area contributed by atoms with E-state index >= 15 is 0 Å². The number of hydrogen-bond acceptors (Lipinski definition) is 6. The van der Waals surface area contributed by atoms with Crippen LogP contribution in [0.2, 0.25) is 0 Å². The molecule has 0 aliphatic heterocycles. The number of nitrogens with zero attached hydrogens (tertiary/aromatic N) is 2. The molecule has 0 aromatic heterocycles. The number of aliphatic hydroxyl groups excluding tert-OH is 1. The van der Waals surface area contributed by atoms with Crippen LogP contribution in [0.4, 0.5) is 5.69 Å². The van der Waals surface area contributed by atoms with E-state index in [-0.39, 0.29) is 22.8 Å². The summed E-state index contributed by atoms with van der Waals surface area (Å²) in [6.45, 7) is 1.57. The minimum absolute atomic E-state index is 0.0900. The summed E-state index contributed by atoms with van der Waals surface area (Å²) >= 11 is 0. The molecule has 0 radical (unpaired) electrons. The van der Waals surface area contributed by atoms with Crippen LogP contribution in [0.25, 0.3) is 0 Å². The van der Waals surface area contributed by atoms with E-state index < -0.39 is 28.8 Å². The number of aryl methyl sites for hydroxylation is 1. The lowest BCUT2D eigenvalue weighted by Gasteiger charge is -2.27. The average molecular weight is 553 g/mol. The summed E-state index contributed by atoms with van der Waals surface area (Å²) in [5.41, 5.74) is 3.25. The Balaban J connectivity index is 1.59. The molecule has 0 heterocycles. The summed E-state index contributed by atoms with van der Waals surface area (Å²) in [5.74, 6) is -0.338. The van der Waals surface area contributed by atoms with E-state index in [9.17, 15) is 28.5 Å². The summed E-state index contributed by atoms with van der Waals surface area (Å²) in [6.07, 6.45) is 4.22. The topological polar surface area (TPSA) is 118 Å². The molecule has 3 aromatic rings. The Hall–Kier alpha value is -3.24. The summed E-state index contributed by atoms with van der Waals surface area (Å²) in [4.78, 5) is 15.1. The number of amides is 1. The van der Waals surface area contributed by atoms with E-state index in [0.29, 0.717) is 11.6 Å². The van der Waals surface area contributed by atoms with Crippen LogP contribution in [-0.4, -0.2) is 47.5 Å². The van der Waals surface area contributed by atoms with Crippen molar-refractivity contribution in [2.45, 2.75) is 62.7 Å². The Morgan fingerprint density at radius 2 is 1.59 bits per heavy atom. The van der Waals surface area contributed by atoms with Gasteiger partial charge in [0.1, 0.15) is 5.75 Å². The zero-order chi connectivity index (χ0) is 28.2. The molecule has 8 nitrogen and oxygen atoms in total. The number of carbonyl (C=O) groups is 1. The van der Waals surface area contributed by atoms with Crippen LogP contribution in [0, 0.1) is 6.92 Å². The van der Waals surface area contributed by atoms with Gasteiger partial charge in [-0.15, -0.1) is 0 Å². The van der Waals surface area contributed by atoms with Crippen LogP contribution in [0.3, 0.4) is 0 Å². The molecule has 0 saturated heterocycles. The maximum atomic E-state index is 13.6. The molecule has 0 bridgehead atoms. The van der Waals surface area contributed by atoms with Crippen LogP contribution in [-0.2, 0) is 21.4 Å². The molecule has 1 amide bonds. The van der Waals surface area contributed by atoms with Gasteiger partial charge in [0.2, 0.25) is 15.9 Å². The van der Waals surface area contributed by atoms with Gasteiger partial charge in [0.05, 0.1) is 18.0 Å². The molecule has 1 aliphatic carbocycles. The number of benzene rings is 3. The first-order valence-electron chi connectivity index (χ1n) is 13.2. The molecule has 1 fully saturated rings. The van der Waals surface area contributed by atoms with Gasteiger partial charge < -0.3 is 20.2 Å². The number of carbonyl (C=O) groups excluding carboxylic acids is 1. The lowest BCUT2D eigenvalue weighted by molar-refractivity contribution is -0.118. The van der Waals surface area contributed by atoms with Gasteiger partial charge in [-0.05, 0) is 61.1 Å². The molecule has 0 atom stereocenters. The zero-order valence-electron chi connectivity index (χ0n) is 22.3. The first-order valence-corrected chi connectivity index (χ1v) is 14.6. The van der Waals surface area contributed by atoms with Crippen molar-refractivity contribution in [1.82, 2.24) is 4.31 Å². The second-order valence-corrected chi connectivity index (χ2v) is 12.3. The highest BCUT2D eigenvalue weighted by Gasteiger charge is 2.27. The lowest BCUT2D eigenvalue weighted by atomic mass is 9.84. The van der Waals surface area contributed by atoms with E-state index in [4.69, 9.17) is 0 Å². The Morgan fingerprint density at radius 3 is 2.18 bits per heavy atom. The number of aromatic hydroxyl groups is 1. The maximum absolute atomic E-state index is 13.6. The Morgan fingerprint density at radius 1 is 0.949 bits per heavy atom. The Bertz CT molecular complexity index is 1380. The highest BCUT2D eigenvalue weighted by atomic mass is 32.2. The Kier molecular flexibility index (Phi) is 9.07. The molecule has 4 rings (SSSR count). The van der Waals surface area contributed by atoms with E-state index in [1.165, 1.54) is 79.9 Å². The predicted molar refractivity (Wildman–Crippen MR) is 150 cm³/mol. The van der Waals surface area contributed by atoms with Crippen LogP contribution < -0.4 is 4.90 Å². The zero-order valence-corrected chi connectivity index (χ0v) is 23.1. The SMILES string of the molecule is Cc1ccc(S(=O)(=O)N(C)CC(=O)N(Cc2ccc(C3CCCCC3)cc2)c2ccc(C(O)O)c(O)c2)cc1. The van der Waals surface area contributed by atoms with Crippen molar-refractivity contribution in [2.75, 3.05) is 18.5 Å². The van der Waals surface area contributed by atoms with Gasteiger partial charge in [0.15, 0.2) is 6.29 Å². The molecule has 0 spiro atoms. The van der Waals surface area contributed by atoms with Gasteiger partial charge in [0.25, 0.3) is 0 Å². The maximum Gasteiger partial charge on any atom is 0.243 e.